The zero-order chi connectivity index (χ0) is 29.1. The normalized spacial score (nSPS) is 11.3. The minimum atomic E-state index is -0.876. The van der Waals surface area contributed by atoms with Crippen LogP contribution in [0.2, 0.25) is 10.0 Å². The summed E-state index contributed by atoms with van der Waals surface area (Å²) in [5.41, 5.74) is 4.54. The molecule has 6 aromatic carbocycles. The molecule has 0 N–H and O–H groups in total. The van der Waals surface area contributed by atoms with Crippen molar-refractivity contribution >= 4 is 70.9 Å². The standard InChI is InChI=1S/C38H30Cl2P2/c1-27-33(39)23-25-35(41(29-15-7-3-8-16-29)30-17-9-4-10-18-30)37(27)38-28(2)34(40)24-26-36(38)42(31-19-11-5-12-20-31)32-21-13-6-14-22-32/h3-26H,1-2H3. The van der Waals surface area contributed by atoms with Crippen LogP contribution in [-0.2, 0) is 0 Å². The SMILES string of the molecule is Cc1c(Cl)ccc(P(c2ccccc2)c2ccccc2)c1-c1c(P(c2ccccc2)c2ccccc2)ccc(Cl)c1C. The van der Waals surface area contributed by atoms with E-state index in [2.05, 4.69) is 159 Å². The summed E-state index contributed by atoms with van der Waals surface area (Å²) in [6, 6.07) is 52.0. The molecule has 0 amide bonds. The maximum absolute atomic E-state index is 6.97. The molecule has 0 saturated carbocycles. The average Bonchev–Trinajstić information content (AvgIpc) is 3.04. The highest BCUT2D eigenvalue weighted by Crippen LogP contribution is 2.45. The molecule has 0 aliphatic carbocycles. The molecule has 0 spiro atoms. The molecule has 0 aliphatic heterocycles. The second kappa shape index (κ2) is 13.0. The molecule has 42 heavy (non-hydrogen) atoms. The van der Waals surface area contributed by atoms with E-state index >= 15 is 0 Å². The molecule has 6 rings (SSSR count). The van der Waals surface area contributed by atoms with Gasteiger partial charge in [-0.2, -0.15) is 0 Å². The Balaban J connectivity index is 1.70. The van der Waals surface area contributed by atoms with Gasteiger partial charge in [0.2, 0.25) is 0 Å². The van der Waals surface area contributed by atoms with Gasteiger partial charge in [0.25, 0.3) is 0 Å². The Hall–Kier alpha value is -3.24. The quantitative estimate of drug-likeness (QED) is 0.157. The van der Waals surface area contributed by atoms with Crippen molar-refractivity contribution in [3.05, 3.63) is 167 Å². The predicted molar refractivity (Wildman–Crippen MR) is 189 cm³/mol. The highest BCUT2D eigenvalue weighted by molar-refractivity contribution is 7.80. The summed E-state index contributed by atoms with van der Waals surface area (Å²) >= 11 is 13.9. The predicted octanol–water partition coefficient (Wildman–Crippen LogP) is 8.79. The Kier molecular flexibility index (Phi) is 8.90. The molecule has 0 heterocycles. The molecule has 0 unspecified atom stereocenters. The fourth-order valence-electron chi connectivity index (χ4n) is 5.51. The summed E-state index contributed by atoms with van der Waals surface area (Å²) in [6.45, 7) is 4.31. The van der Waals surface area contributed by atoms with Gasteiger partial charge in [-0.3, -0.25) is 0 Å². The highest BCUT2D eigenvalue weighted by Gasteiger charge is 2.28. The van der Waals surface area contributed by atoms with Gasteiger partial charge in [-0.1, -0.05) is 157 Å². The summed E-state index contributed by atoms with van der Waals surface area (Å²) in [5, 5.41) is 9.30. The van der Waals surface area contributed by atoms with Crippen molar-refractivity contribution in [2.75, 3.05) is 0 Å². The van der Waals surface area contributed by atoms with Crippen LogP contribution in [0, 0.1) is 13.8 Å². The Morgan fingerprint density at radius 1 is 0.357 bits per heavy atom. The van der Waals surface area contributed by atoms with Crippen LogP contribution in [0.5, 0.6) is 0 Å². The minimum Gasteiger partial charge on any atom is -0.0840 e. The van der Waals surface area contributed by atoms with Crippen molar-refractivity contribution in [3.8, 4) is 11.1 Å². The van der Waals surface area contributed by atoms with Gasteiger partial charge in [-0.15, -0.1) is 0 Å². The van der Waals surface area contributed by atoms with E-state index in [-0.39, 0.29) is 0 Å². The van der Waals surface area contributed by atoms with Crippen LogP contribution in [0.3, 0.4) is 0 Å². The van der Waals surface area contributed by atoms with E-state index in [1.807, 2.05) is 0 Å². The first kappa shape index (κ1) is 28.9. The minimum absolute atomic E-state index is 0.763. The molecule has 6 aromatic rings. The number of halogens is 2. The molecular weight excluding hydrogens is 589 g/mol. The molecular formula is C38H30Cl2P2. The van der Waals surface area contributed by atoms with E-state index in [1.54, 1.807) is 0 Å². The van der Waals surface area contributed by atoms with Gasteiger partial charge in [0.15, 0.2) is 0 Å². The van der Waals surface area contributed by atoms with Crippen molar-refractivity contribution in [2.45, 2.75) is 13.8 Å². The zero-order valence-electron chi connectivity index (χ0n) is 23.5. The van der Waals surface area contributed by atoms with E-state index in [0.717, 1.165) is 21.2 Å². The van der Waals surface area contributed by atoms with E-state index in [1.165, 1.54) is 43.0 Å². The molecule has 0 aromatic heterocycles. The van der Waals surface area contributed by atoms with E-state index in [9.17, 15) is 0 Å². The smallest absolute Gasteiger partial charge is 0.0441 e. The third-order valence-corrected chi connectivity index (χ3v) is 13.3. The van der Waals surface area contributed by atoms with Gasteiger partial charge >= 0.3 is 0 Å². The maximum Gasteiger partial charge on any atom is 0.0441 e. The molecule has 0 radical (unpaired) electrons. The molecule has 0 bridgehead atoms. The third kappa shape index (κ3) is 5.71. The molecule has 0 fully saturated rings. The lowest BCUT2D eigenvalue weighted by atomic mass is 9.96. The molecule has 0 saturated heterocycles. The molecule has 0 nitrogen and oxygen atoms in total. The van der Waals surface area contributed by atoms with E-state index < -0.39 is 15.8 Å². The lowest BCUT2D eigenvalue weighted by Gasteiger charge is -2.29. The lowest BCUT2D eigenvalue weighted by Crippen LogP contribution is -2.27. The number of benzene rings is 6. The average molecular weight is 620 g/mol. The number of rotatable bonds is 7. The number of hydrogen-bond donors (Lipinski definition) is 0. The second-order valence-corrected chi connectivity index (χ2v) is 15.3. The monoisotopic (exact) mass is 618 g/mol. The first-order chi connectivity index (χ1) is 20.5. The van der Waals surface area contributed by atoms with Crippen molar-refractivity contribution < 1.29 is 0 Å². The number of hydrogen-bond acceptors (Lipinski definition) is 0. The Morgan fingerprint density at radius 3 is 0.881 bits per heavy atom. The first-order valence-corrected chi connectivity index (χ1v) is 17.4. The van der Waals surface area contributed by atoms with Crippen LogP contribution < -0.4 is 31.8 Å². The first-order valence-electron chi connectivity index (χ1n) is 13.9. The highest BCUT2D eigenvalue weighted by atomic mass is 35.5. The van der Waals surface area contributed by atoms with Crippen molar-refractivity contribution in [3.63, 3.8) is 0 Å². The van der Waals surface area contributed by atoms with Gasteiger partial charge in [0.1, 0.15) is 0 Å². The van der Waals surface area contributed by atoms with Crippen LogP contribution in [0.15, 0.2) is 146 Å². The van der Waals surface area contributed by atoms with Crippen LogP contribution >= 0.6 is 39.0 Å². The largest absolute Gasteiger partial charge is 0.0840 e. The summed E-state index contributed by atoms with van der Waals surface area (Å²) in [4.78, 5) is 0. The lowest BCUT2D eigenvalue weighted by molar-refractivity contribution is 1.43. The van der Waals surface area contributed by atoms with Crippen molar-refractivity contribution in [2.24, 2.45) is 0 Å². The van der Waals surface area contributed by atoms with Crippen molar-refractivity contribution in [1.29, 1.82) is 0 Å². The molecule has 206 valence electrons. The Morgan fingerprint density at radius 2 is 0.619 bits per heavy atom. The summed E-state index contributed by atoms with van der Waals surface area (Å²) in [7, 11) is -1.75. The summed E-state index contributed by atoms with van der Waals surface area (Å²) < 4.78 is 0. The Labute approximate surface area is 261 Å². The topological polar surface area (TPSA) is 0 Å². The maximum atomic E-state index is 6.97. The van der Waals surface area contributed by atoms with E-state index in [4.69, 9.17) is 23.2 Å². The van der Waals surface area contributed by atoms with Crippen LogP contribution in [0.4, 0.5) is 0 Å². The van der Waals surface area contributed by atoms with Crippen molar-refractivity contribution in [1.82, 2.24) is 0 Å². The van der Waals surface area contributed by atoms with E-state index in [0.29, 0.717) is 0 Å². The van der Waals surface area contributed by atoms with Gasteiger partial charge in [-0.25, -0.2) is 0 Å². The Bertz CT molecular complexity index is 1590. The fourth-order valence-corrected chi connectivity index (χ4v) is 10.9. The van der Waals surface area contributed by atoms with Gasteiger partial charge in [0, 0.05) is 10.0 Å². The molecule has 0 atom stereocenters. The summed E-state index contributed by atoms with van der Waals surface area (Å²) in [5.74, 6) is 0. The second-order valence-electron chi connectivity index (χ2n) is 10.1. The fraction of sp³-hybridized carbons (Fsp3) is 0.0526. The van der Waals surface area contributed by atoms with Crippen LogP contribution in [-0.4, -0.2) is 0 Å². The third-order valence-electron chi connectivity index (χ3n) is 7.54. The van der Waals surface area contributed by atoms with Gasteiger partial charge in [-0.05, 0) is 95.9 Å². The van der Waals surface area contributed by atoms with Gasteiger partial charge < -0.3 is 0 Å². The van der Waals surface area contributed by atoms with Crippen LogP contribution in [0.25, 0.3) is 11.1 Å². The molecule has 0 aliphatic rings. The zero-order valence-corrected chi connectivity index (χ0v) is 26.8. The summed E-state index contributed by atoms with van der Waals surface area (Å²) in [6.07, 6.45) is 0. The van der Waals surface area contributed by atoms with Crippen LogP contribution in [0.1, 0.15) is 11.1 Å². The molecule has 4 heteroatoms. The van der Waals surface area contributed by atoms with Gasteiger partial charge in [0.05, 0.1) is 0 Å².